The summed E-state index contributed by atoms with van der Waals surface area (Å²) in [7, 11) is 0. The number of aryl methyl sites for hydroxylation is 2. The van der Waals surface area contributed by atoms with Crippen molar-refractivity contribution in [2.24, 2.45) is 0 Å². The summed E-state index contributed by atoms with van der Waals surface area (Å²) in [6.45, 7) is 4.11. The zero-order valence-electron chi connectivity index (χ0n) is 18.1. The average molecular weight is 411 g/mol. The molecular weight excluding hydrogens is 388 g/mol. The normalized spacial score (nSPS) is 9.81. The maximum Gasteiger partial charge on any atom is 0.193 e. The van der Waals surface area contributed by atoms with E-state index in [2.05, 4.69) is 37.5 Å². The van der Waals surface area contributed by atoms with E-state index in [9.17, 15) is 4.79 Å². The van der Waals surface area contributed by atoms with E-state index in [1.54, 1.807) is 0 Å². The minimum atomic E-state index is -0.0129. The number of ketones is 1. The molecule has 0 amide bonds. The Morgan fingerprint density at radius 3 is 0.969 bits per heavy atom. The van der Waals surface area contributed by atoms with Crippen LogP contribution >= 0.6 is 0 Å². The second kappa shape index (κ2) is 9.65. The Bertz CT molecular complexity index is 1240. The van der Waals surface area contributed by atoms with Gasteiger partial charge in [0.25, 0.3) is 0 Å². The highest BCUT2D eigenvalue weighted by molar-refractivity contribution is 6.09. The molecule has 4 aromatic carbocycles. The first-order valence-corrected chi connectivity index (χ1v) is 10.5. The fraction of sp³-hybridized carbons (Fsp3) is 0.0645. The molecule has 0 unspecified atom stereocenters. The Morgan fingerprint density at radius 1 is 0.438 bits per heavy atom. The number of carbonyl (C=O) groups is 1. The first-order chi connectivity index (χ1) is 15.6. The lowest BCUT2D eigenvalue weighted by Crippen LogP contribution is -2.01. The number of benzene rings is 4. The van der Waals surface area contributed by atoms with Gasteiger partial charge in [0.2, 0.25) is 0 Å². The van der Waals surface area contributed by atoms with Crippen molar-refractivity contribution < 1.29 is 4.79 Å². The fourth-order valence-corrected chi connectivity index (χ4v) is 3.14. The summed E-state index contributed by atoms with van der Waals surface area (Å²) in [6.07, 6.45) is 0. The van der Waals surface area contributed by atoms with Gasteiger partial charge in [-0.2, -0.15) is 0 Å². The number of hydrogen-bond acceptors (Lipinski definition) is 1. The van der Waals surface area contributed by atoms with Gasteiger partial charge in [0.1, 0.15) is 0 Å². The van der Waals surface area contributed by atoms with Crippen molar-refractivity contribution in [1.82, 2.24) is 0 Å². The highest BCUT2D eigenvalue weighted by Crippen LogP contribution is 2.13. The molecule has 0 heterocycles. The van der Waals surface area contributed by atoms with E-state index in [4.69, 9.17) is 0 Å². The average Bonchev–Trinajstić information content (AvgIpc) is 2.83. The van der Waals surface area contributed by atoms with Crippen molar-refractivity contribution in [3.8, 4) is 23.7 Å². The molecule has 1 nitrogen and oxygen atoms in total. The summed E-state index contributed by atoms with van der Waals surface area (Å²) in [5, 5.41) is 0. The van der Waals surface area contributed by atoms with Gasteiger partial charge in [-0.1, -0.05) is 59.1 Å². The van der Waals surface area contributed by atoms with Crippen molar-refractivity contribution in [3.63, 3.8) is 0 Å². The molecule has 4 aromatic rings. The largest absolute Gasteiger partial charge is 0.289 e. The van der Waals surface area contributed by atoms with Crippen LogP contribution in [0, 0.1) is 37.5 Å². The topological polar surface area (TPSA) is 17.1 Å². The standard InChI is InChI=1S/C31H22O/c1-23-3-7-25(8-4-23)11-13-27-15-19-29(20-16-27)31(32)30-21-17-28(18-22-30)14-12-26-9-5-24(2)6-10-26/h3-10,15-22H,1-2H3. The summed E-state index contributed by atoms with van der Waals surface area (Å²) in [5.74, 6) is 12.6. The highest BCUT2D eigenvalue weighted by Gasteiger charge is 2.08. The van der Waals surface area contributed by atoms with Crippen molar-refractivity contribution >= 4 is 5.78 Å². The first kappa shape index (κ1) is 20.9. The lowest BCUT2D eigenvalue weighted by molar-refractivity contribution is 0.103. The van der Waals surface area contributed by atoms with Gasteiger partial charge in [0.05, 0.1) is 0 Å². The van der Waals surface area contributed by atoms with E-state index < -0.39 is 0 Å². The highest BCUT2D eigenvalue weighted by atomic mass is 16.1. The maximum atomic E-state index is 12.8. The summed E-state index contributed by atoms with van der Waals surface area (Å²) in [4.78, 5) is 12.8. The second-order valence-electron chi connectivity index (χ2n) is 7.72. The van der Waals surface area contributed by atoms with Gasteiger partial charge in [-0.15, -0.1) is 0 Å². The Hall–Kier alpha value is -4.33. The van der Waals surface area contributed by atoms with E-state index in [1.165, 1.54) is 11.1 Å². The van der Waals surface area contributed by atoms with Crippen LogP contribution in [0.15, 0.2) is 97.1 Å². The molecule has 0 aromatic heterocycles. The van der Waals surface area contributed by atoms with Crippen LogP contribution in [0.3, 0.4) is 0 Å². The van der Waals surface area contributed by atoms with Crippen LogP contribution in [-0.2, 0) is 0 Å². The van der Waals surface area contributed by atoms with E-state index in [0.29, 0.717) is 11.1 Å². The minimum Gasteiger partial charge on any atom is -0.289 e. The third kappa shape index (κ3) is 5.42. The van der Waals surface area contributed by atoms with Crippen LogP contribution in [0.2, 0.25) is 0 Å². The van der Waals surface area contributed by atoms with Gasteiger partial charge in [-0.05, 0) is 86.6 Å². The molecule has 0 atom stereocenters. The molecule has 1 heteroatoms. The summed E-state index contributed by atoms with van der Waals surface area (Å²) in [5.41, 5.74) is 7.42. The quantitative estimate of drug-likeness (QED) is 0.279. The number of carbonyl (C=O) groups excluding carboxylic acids is 1. The van der Waals surface area contributed by atoms with E-state index in [0.717, 1.165) is 22.3 Å². The maximum absolute atomic E-state index is 12.8. The summed E-state index contributed by atoms with van der Waals surface area (Å²) in [6, 6.07) is 31.1. The molecule has 0 aliphatic rings. The molecule has 0 saturated carbocycles. The molecule has 0 bridgehead atoms. The Morgan fingerprint density at radius 2 is 0.688 bits per heavy atom. The van der Waals surface area contributed by atoms with Crippen molar-refractivity contribution in [2.75, 3.05) is 0 Å². The van der Waals surface area contributed by atoms with Gasteiger partial charge in [-0.25, -0.2) is 0 Å². The molecule has 0 aliphatic heterocycles. The molecule has 0 spiro atoms. The van der Waals surface area contributed by atoms with Crippen LogP contribution < -0.4 is 0 Å². The number of rotatable bonds is 2. The van der Waals surface area contributed by atoms with Gasteiger partial charge < -0.3 is 0 Å². The third-order valence-electron chi connectivity index (χ3n) is 5.10. The zero-order chi connectivity index (χ0) is 22.3. The monoisotopic (exact) mass is 410 g/mol. The molecule has 32 heavy (non-hydrogen) atoms. The Kier molecular flexibility index (Phi) is 6.31. The van der Waals surface area contributed by atoms with Crippen molar-refractivity contribution in [2.45, 2.75) is 13.8 Å². The minimum absolute atomic E-state index is 0.0129. The van der Waals surface area contributed by atoms with Crippen LogP contribution in [0.1, 0.15) is 49.3 Å². The van der Waals surface area contributed by atoms with Crippen molar-refractivity contribution in [3.05, 3.63) is 142 Å². The Balaban J connectivity index is 1.44. The first-order valence-electron chi connectivity index (χ1n) is 10.5. The summed E-state index contributed by atoms with van der Waals surface area (Å²) >= 11 is 0. The fourth-order valence-electron chi connectivity index (χ4n) is 3.14. The van der Waals surface area contributed by atoms with Crippen LogP contribution in [0.25, 0.3) is 0 Å². The van der Waals surface area contributed by atoms with E-state index >= 15 is 0 Å². The van der Waals surface area contributed by atoms with E-state index in [-0.39, 0.29) is 5.78 Å². The summed E-state index contributed by atoms with van der Waals surface area (Å²) < 4.78 is 0. The second-order valence-corrected chi connectivity index (χ2v) is 7.72. The van der Waals surface area contributed by atoms with Gasteiger partial charge >= 0.3 is 0 Å². The molecule has 4 rings (SSSR count). The predicted molar refractivity (Wildman–Crippen MR) is 131 cm³/mol. The zero-order valence-corrected chi connectivity index (χ0v) is 18.1. The van der Waals surface area contributed by atoms with Crippen LogP contribution in [0.5, 0.6) is 0 Å². The molecule has 0 aliphatic carbocycles. The predicted octanol–water partition coefficient (Wildman–Crippen LogP) is 6.33. The smallest absolute Gasteiger partial charge is 0.193 e. The van der Waals surface area contributed by atoms with Gasteiger partial charge in [-0.3, -0.25) is 4.79 Å². The van der Waals surface area contributed by atoms with Gasteiger partial charge in [0, 0.05) is 33.4 Å². The molecule has 0 N–H and O–H groups in total. The molecule has 152 valence electrons. The van der Waals surface area contributed by atoms with E-state index in [1.807, 2.05) is 97.1 Å². The van der Waals surface area contributed by atoms with Crippen LogP contribution in [0.4, 0.5) is 0 Å². The third-order valence-corrected chi connectivity index (χ3v) is 5.10. The lowest BCUT2D eigenvalue weighted by atomic mass is 10.0. The molecule has 0 saturated heterocycles. The van der Waals surface area contributed by atoms with Gasteiger partial charge in [0.15, 0.2) is 5.78 Å². The lowest BCUT2D eigenvalue weighted by Gasteiger charge is -2.02. The van der Waals surface area contributed by atoms with Crippen LogP contribution in [-0.4, -0.2) is 5.78 Å². The van der Waals surface area contributed by atoms with Crippen molar-refractivity contribution in [1.29, 1.82) is 0 Å². The Labute approximate surface area is 189 Å². The SMILES string of the molecule is Cc1ccc(C#Cc2ccc(C(=O)c3ccc(C#Cc4ccc(C)cc4)cc3)cc2)cc1. The number of hydrogen-bond donors (Lipinski definition) is 0. The molecule has 0 fully saturated rings. The molecule has 0 radical (unpaired) electrons. The molecular formula is C31H22O.